The Morgan fingerprint density at radius 1 is 1.47 bits per heavy atom. The summed E-state index contributed by atoms with van der Waals surface area (Å²) < 4.78 is 0. The average Bonchev–Trinajstić information content (AvgIpc) is 2.68. The first-order valence-corrected chi connectivity index (χ1v) is 7.05. The summed E-state index contributed by atoms with van der Waals surface area (Å²) >= 11 is 7.98. The monoisotopic (exact) mass is 240 g/mol. The molecule has 2 rings (SSSR count). The van der Waals surface area contributed by atoms with Crippen LogP contribution in [0.2, 0.25) is 0 Å². The highest BCUT2D eigenvalue weighted by Gasteiger charge is 2.23. The molecule has 1 heterocycles. The van der Waals surface area contributed by atoms with Gasteiger partial charge in [0.1, 0.15) is 0 Å². The van der Waals surface area contributed by atoms with Gasteiger partial charge in [0, 0.05) is 16.0 Å². The summed E-state index contributed by atoms with van der Waals surface area (Å²) in [5, 5.41) is 0.756. The molecule has 0 aromatic heterocycles. The fourth-order valence-electron chi connectivity index (χ4n) is 2.10. The number of thioether (sulfide) groups is 1. The normalized spacial score (nSPS) is 21.3. The summed E-state index contributed by atoms with van der Waals surface area (Å²) in [5.74, 6) is 1.50. The van der Waals surface area contributed by atoms with Crippen LogP contribution in [0.1, 0.15) is 25.3 Å². The Hall–Kier alpha value is -0.140. The predicted molar refractivity (Wildman–Crippen MR) is 68.9 cm³/mol. The van der Waals surface area contributed by atoms with Crippen LogP contribution in [-0.2, 0) is 6.42 Å². The number of fused-ring (bicyclic) bond motifs is 1. The maximum absolute atomic E-state index is 5.95. The van der Waals surface area contributed by atoms with E-state index in [4.69, 9.17) is 11.6 Å². The molecule has 1 aliphatic heterocycles. The summed E-state index contributed by atoms with van der Waals surface area (Å²) in [6.45, 7) is 2.24. The van der Waals surface area contributed by atoms with Crippen LogP contribution in [0, 0.1) is 5.92 Å². The lowest BCUT2D eigenvalue weighted by Gasteiger charge is -2.15. The van der Waals surface area contributed by atoms with E-state index in [1.54, 1.807) is 0 Å². The third-order valence-corrected chi connectivity index (χ3v) is 4.89. The highest BCUT2D eigenvalue weighted by molar-refractivity contribution is 8.00. The second-order valence-electron chi connectivity index (χ2n) is 4.22. The quantitative estimate of drug-likeness (QED) is 0.705. The van der Waals surface area contributed by atoms with E-state index in [-0.39, 0.29) is 0 Å². The van der Waals surface area contributed by atoms with Gasteiger partial charge in [0.15, 0.2) is 0 Å². The van der Waals surface area contributed by atoms with Crippen molar-refractivity contribution in [2.24, 2.45) is 5.92 Å². The molecule has 0 radical (unpaired) electrons. The Kier molecular flexibility index (Phi) is 3.99. The first-order valence-electron chi connectivity index (χ1n) is 5.64. The summed E-state index contributed by atoms with van der Waals surface area (Å²) in [6.07, 6.45) is 3.70. The smallest absolute Gasteiger partial charge is 0.0252 e. The average molecular weight is 241 g/mol. The number of benzene rings is 1. The number of hydrogen-bond donors (Lipinski definition) is 0. The van der Waals surface area contributed by atoms with E-state index in [1.165, 1.54) is 29.7 Å². The molecule has 2 atom stereocenters. The summed E-state index contributed by atoms with van der Waals surface area (Å²) in [6, 6.07) is 8.76. The van der Waals surface area contributed by atoms with E-state index in [0.717, 1.165) is 11.1 Å². The van der Waals surface area contributed by atoms with Crippen molar-refractivity contribution in [2.45, 2.75) is 36.3 Å². The van der Waals surface area contributed by atoms with Crippen LogP contribution in [0.3, 0.4) is 0 Å². The van der Waals surface area contributed by atoms with Crippen molar-refractivity contribution in [3.63, 3.8) is 0 Å². The molecular formula is C13H17ClS. The van der Waals surface area contributed by atoms with Gasteiger partial charge in [-0.1, -0.05) is 31.5 Å². The molecule has 0 nitrogen and oxygen atoms in total. The van der Waals surface area contributed by atoms with Crippen molar-refractivity contribution in [1.82, 2.24) is 0 Å². The predicted octanol–water partition coefficient (Wildman–Crippen LogP) is 4.36. The van der Waals surface area contributed by atoms with Gasteiger partial charge in [0.05, 0.1) is 0 Å². The molecule has 0 fully saturated rings. The molecule has 0 aliphatic carbocycles. The van der Waals surface area contributed by atoms with E-state index in [0.29, 0.717) is 5.92 Å². The summed E-state index contributed by atoms with van der Waals surface area (Å²) in [5.41, 5.74) is 1.52. The van der Waals surface area contributed by atoms with E-state index < -0.39 is 0 Å². The molecule has 15 heavy (non-hydrogen) atoms. The van der Waals surface area contributed by atoms with Crippen molar-refractivity contribution < 1.29 is 0 Å². The van der Waals surface area contributed by atoms with Crippen LogP contribution in [0.25, 0.3) is 0 Å². The molecule has 1 aromatic rings. The summed E-state index contributed by atoms with van der Waals surface area (Å²) in [7, 11) is 0. The van der Waals surface area contributed by atoms with Gasteiger partial charge < -0.3 is 0 Å². The van der Waals surface area contributed by atoms with Crippen molar-refractivity contribution in [1.29, 1.82) is 0 Å². The number of alkyl halides is 1. The molecule has 1 aliphatic rings. The zero-order valence-corrected chi connectivity index (χ0v) is 10.7. The van der Waals surface area contributed by atoms with Crippen molar-refractivity contribution >= 4 is 23.4 Å². The van der Waals surface area contributed by atoms with Crippen LogP contribution in [0.15, 0.2) is 29.2 Å². The number of rotatable bonds is 4. The maximum Gasteiger partial charge on any atom is 0.0252 e. The first kappa shape index (κ1) is 11.3. The van der Waals surface area contributed by atoms with Crippen molar-refractivity contribution in [2.75, 3.05) is 5.88 Å². The van der Waals surface area contributed by atoms with Crippen LogP contribution in [-0.4, -0.2) is 11.1 Å². The molecule has 2 unspecified atom stereocenters. The molecule has 0 amide bonds. The topological polar surface area (TPSA) is 0 Å². The Balaban J connectivity index is 1.95. The van der Waals surface area contributed by atoms with Gasteiger partial charge in [0.2, 0.25) is 0 Å². The zero-order valence-electron chi connectivity index (χ0n) is 9.08. The minimum Gasteiger partial charge on any atom is -0.126 e. The van der Waals surface area contributed by atoms with Gasteiger partial charge in [-0.3, -0.25) is 0 Å². The lowest BCUT2D eigenvalue weighted by atomic mass is 9.99. The Bertz CT molecular complexity index is 295. The second kappa shape index (κ2) is 5.27. The molecule has 0 N–H and O–H groups in total. The molecule has 0 bridgehead atoms. The van der Waals surface area contributed by atoms with E-state index >= 15 is 0 Å². The largest absolute Gasteiger partial charge is 0.126 e. The Morgan fingerprint density at radius 2 is 2.27 bits per heavy atom. The number of halogens is 1. The second-order valence-corrected chi connectivity index (χ2v) is 5.87. The fraction of sp³-hybridized carbons (Fsp3) is 0.538. The van der Waals surface area contributed by atoms with Crippen LogP contribution < -0.4 is 0 Å². The lowest BCUT2D eigenvalue weighted by molar-refractivity contribution is 0.511. The standard InChI is InChI=1S/C13H17ClS/c1-2-10(9-14)7-12-8-11-5-3-4-6-13(11)15-12/h3-6,10,12H,2,7-9H2,1H3. The van der Waals surface area contributed by atoms with E-state index in [1.807, 2.05) is 11.8 Å². The first-order chi connectivity index (χ1) is 7.33. The minimum atomic E-state index is 0.693. The van der Waals surface area contributed by atoms with E-state index in [2.05, 4.69) is 31.2 Å². The molecule has 0 saturated heterocycles. The van der Waals surface area contributed by atoms with Crippen LogP contribution >= 0.6 is 23.4 Å². The third-order valence-electron chi connectivity index (χ3n) is 3.11. The third kappa shape index (κ3) is 2.70. The van der Waals surface area contributed by atoms with Gasteiger partial charge in [-0.05, 0) is 30.4 Å². The van der Waals surface area contributed by atoms with Gasteiger partial charge in [-0.25, -0.2) is 0 Å². The fourth-order valence-corrected chi connectivity index (χ4v) is 3.89. The Morgan fingerprint density at radius 3 is 2.93 bits per heavy atom. The molecule has 1 aromatic carbocycles. The minimum absolute atomic E-state index is 0.693. The van der Waals surface area contributed by atoms with Crippen molar-refractivity contribution in [3.05, 3.63) is 29.8 Å². The number of hydrogen-bond acceptors (Lipinski definition) is 1. The molecule has 2 heteroatoms. The van der Waals surface area contributed by atoms with Crippen LogP contribution in [0.4, 0.5) is 0 Å². The summed E-state index contributed by atoms with van der Waals surface area (Å²) in [4.78, 5) is 1.48. The van der Waals surface area contributed by atoms with Gasteiger partial charge in [-0.15, -0.1) is 23.4 Å². The van der Waals surface area contributed by atoms with Gasteiger partial charge in [0.25, 0.3) is 0 Å². The molecule has 0 saturated carbocycles. The van der Waals surface area contributed by atoms with Gasteiger partial charge >= 0.3 is 0 Å². The molecule has 82 valence electrons. The van der Waals surface area contributed by atoms with E-state index in [9.17, 15) is 0 Å². The lowest BCUT2D eigenvalue weighted by Crippen LogP contribution is -2.10. The van der Waals surface area contributed by atoms with Gasteiger partial charge in [-0.2, -0.15) is 0 Å². The maximum atomic E-state index is 5.95. The molecular weight excluding hydrogens is 224 g/mol. The molecule has 0 spiro atoms. The zero-order chi connectivity index (χ0) is 10.7. The highest BCUT2D eigenvalue weighted by Crippen LogP contribution is 2.39. The SMILES string of the molecule is CCC(CCl)CC1Cc2ccccc2S1. The van der Waals surface area contributed by atoms with Crippen molar-refractivity contribution in [3.8, 4) is 0 Å². The highest BCUT2D eigenvalue weighted by atomic mass is 35.5. The Labute approximate surface area is 101 Å². The van der Waals surface area contributed by atoms with Crippen LogP contribution in [0.5, 0.6) is 0 Å².